The number of aliphatic hydroxyl groups excluding tert-OH is 5. The van der Waals surface area contributed by atoms with Crippen LogP contribution < -0.4 is 0 Å². The van der Waals surface area contributed by atoms with E-state index in [1.54, 1.807) is 0 Å². The lowest BCUT2D eigenvalue weighted by Gasteiger charge is -2.25. The Morgan fingerprint density at radius 1 is 0.800 bits per heavy atom. The van der Waals surface area contributed by atoms with Crippen molar-refractivity contribution >= 4 is 5.97 Å². The highest BCUT2D eigenvalue weighted by atomic mass is 16.6. The van der Waals surface area contributed by atoms with Gasteiger partial charge in [0.15, 0.2) is 0 Å². The van der Waals surface area contributed by atoms with Crippen molar-refractivity contribution in [3.05, 3.63) is 0 Å². The normalized spacial score (nSPS) is 16.7. The van der Waals surface area contributed by atoms with Gasteiger partial charge in [-0.2, -0.15) is 0 Å². The quantitative estimate of drug-likeness (QED) is 0.124. The lowest BCUT2D eigenvalue weighted by Crippen LogP contribution is -2.47. The number of hydrogen-bond acceptors (Lipinski definition) is 8. The molecule has 0 bridgehead atoms. The van der Waals surface area contributed by atoms with E-state index in [2.05, 4.69) is 11.7 Å². The second kappa shape index (κ2) is 20.2. The third kappa shape index (κ3) is 18.0. The van der Waals surface area contributed by atoms with E-state index in [1.165, 1.54) is 51.4 Å². The first-order chi connectivity index (χ1) is 14.4. The minimum Gasteiger partial charge on any atom is -0.463 e. The molecule has 1 fully saturated rings. The second-order valence-electron chi connectivity index (χ2n) is 7.88. The SMILES string of the molecule is C1CO1.CCCCCCCCCCCCCC(=O)OC[C@H](O)[C@@H](O)[C@H](O)[C@H](O)CO. The van der Waals surface area contributed by atoms with Crippen molar-refractivity contribution in [2.24, 2.45) is 0 Å². The van der Waals surface area contributed by atoms with Gasteiger partial charge in [0.05, 0.1) is 19.8 Å². The van der Waals surface area contributed by atoms with Gasteiger partial charge < -0.3 is 35.0 Å². The van der Waals surface area contributed by atoms with Crippen LogP contribution in [-0.4, -0.2) is 82.3 Å². The van der Waals surface area contributed by atoms with Gasteiger partial charge in [0.2, 0.25) is 0 Å². The van der Waals surface area contributed by atoms with Crippen molar-refractivity contribution in [1.82, 2.24) is 0 Å². The number of unbranched alkanes of at least 4 members (excludes halogenated alkanes) is 10. The van der Waals surface area contributed by atoms with Crippen molar-refractivity contribution in [1.29, 1.82) is 0 Å². The molecular weight excluding hydrogens is 392 g/mol. The van der Waals surface area contributed by atoms with E-state index in [9.17, 15) is 25.2 Å². The topological polar surface area (TPSA) is 140 Å². The monoisotopic (exact) mass is 436 g/mol. The van der Waals surface area contributed by atoms with Crippen molar-refractivity contribution < 1.29 is 39.8 Å². The Morgan fingerprint density at radius 3 is 1.67 bits per heavy atom. The maximum Gasteiger partial charge on any atom is 0.305 e. The van der Waals surface area contributed by atoms with E-state index >= 15 is 0 Å². The molecule has 5 N–H and O–H groups in total. The highest BCUT2D eigenvalue weighted by Crippen LogP contribution is 2.12. The van der Waals surface area contributed by atoms with Crippen molar-refractivity contribution in [3.8, 4) is 0 Å². The van der Waals surface area contributed by atoms with Crippen LogP contribution in [0.25, 0.3) is 0 Å². The first kappa shape index (κ1) is 29.2. The fourth-order valence-corrected chi connectivity index (χ4v) is 2.85. The van der Waals surface area contributed by atoms with Crippen LogP contribution in [0.1, 0.15) is 84.0 Å². The number of hydrogen-bond donors (Lipinski definition) is 5. The molecular formula is C22H44O8. The van der Waals surface area contributed by atoms with E-state index in [4.69, 9.17) is 9.84 Å². The van der Waals surface area contributed by atoms with Crippen LogP contribution in [0.3, 0.4) is 0 Å². The van der Waals surface area contributed by atoms with Crippen LogP contribution >= 0.6 is 0 Å². The number of carbonyl (C=O) groups is 1. The van der Waals surface area contributed by atoms with Crippen LogP contribution in [0.2, 0.25) is 0 Å². The molecule has 1 aliphatic heterocycles. The largest absolute Gasteiger partial charge is 0.463 e. The third-order valence-corrected chi connectivity index (χ3v) is 4.93. The fraction of sp³-hybridized carbons (Fsp3) is 0.955. The Morgan fingerprint density at radius 2 is 1.23 bits per heavy atom. The molecule has 0 aliphatic carbocycles. The van der Waals surface area contributed by atoms with Crippen LogP contribution in [0.5, 0.6) is 0 Å². The van der Waals surface area contributed by atoms with Crippen LogP contribution in [0.15, 0.2) is 0 Å². The molecule has 180 valence electrons. The highest BCUT2D eigenvalue weighted by molar-refractivity contribution is 5.69. The minimum absolute atomic E-state index is 0.252. The Balaban J connectivity index is 0.00000255. The number of esters is 1. The van der Waals surface area contributed by atoms with E-state index < -0.39 is 43.6 Å². The number of rotatable bonds is 18. The summed E-state index contributed by atoms with van der Waals surface area (Å²) in [4.78, 5) is 11.6. The van der Waals surface area contributed by atoms with Gasteiger partial charge in [-0.1, -0.05) is 71.1 Å². The first-order valence-corrected chi connectivity index (χ1v) is 11.5. The molecule has 4 atom stereocenters. The van der Waals surface area contributed by atoms with Gasteiger partial charge in [-0.05, 0) is 6.42 Å². The van der Waals surface area contributed by atoms with E-state index in [-0.39, 0.29) is 6.42 Å². The van der Waals surface area contributed by atoms with Gasteiger partial charge in [0, 0.05) is 6.42 Å². The highest BCUT2D eigenvalue weighted by Gasteiger charge is 2.30. The number of carbonyl (C=O) groups excluding carboxylic acids is 1. The number of aliphatic hydroxyl groups is 5. The van der Waals surface area contributed by atoms with Crippen molar-refractivity contribution in [2.45, 2.75) is 108 Å². The average molecular weight is 437 g/mol. The lowest BCUT2D eigenvalue weighted by atomic mass is 10.0. The van der Waals surface area contributed by atoms with Crippen molar-refractivity contribution in [2.75, 3.05) is 26.4 Å². The van der Waals surface area contributed by atoms with E-state index in [1.807, 2.05) is 0 Å². The standard InChI is InChI=1S/C20H40O7.C2H4O/c1-2-3-4-5-6-7-8-9-10-11-12-13-18(24)27-15-17(23)20(26)19(25)16(22)14-21;1-2-3-1/h16-17,19-23,25-26H,2-15H2,1H3;1-2H2/t16-,17+,19-,20-;/m1./s1. The molecule has 1 saturated heterocycles. The summed E-state index contributed by atoms with van der Waals surface area (Å²) >= 11 is 0. The number of ether oxygens (including phenoxy) is 2. The summed E-state index contributed by atoms with van der Waals surface area (Å²) in [6.07, 6.45) is 6.79. The zero-order chi connectivity index (χ0) is 22.6. The smallest absolute Gasteiger partial charge is 0.305 e. The summed E-state index contributed by atoms with van der Waals surface area (Å²) in [5, 5.41) is 46.7. The molecule has 0 amide bonds. The molecule has 1 rings (SSSR count). The molecule has 0 aromatic carbocycles. The molecule has 0 unspecified atom stereocenters. The van der Waals surface area contributed by atoms with Gasteiger partial charge >= 0.3 is 5.97 Å². The third-order valence-electron chi connectivity index (χ3n) is 4.93. The molecule has 0 saturated carbocycles. The summed E-state index contributed by atoms with van der Waals surface area (Å²) in [5.41, 5.74) is 0. The maximum atomic E-state index is 11.6. The molecule has 0 radical (unpaired) electrons. The summed E-state index contributed by atoms with van der Waals surface area (Å²) < 4.78 is 9.38. The predicted molar refractivity (Wildman–Crippen MR) is 114 cm³/mol. The van der Waals surface area contributed by atoms with Crippen LogP contribution in [-0.2, 0) is 14.3 Å². The Labute approximate surface area is 181 Å². The Bertz CT molecular complexity index is 389. The van der Waals surface area contributed by atoms with Gasteiger partial charge in [-0.15, -0.1) is 0 Å². The summed E-state index contributed by atoms with van der Waals surface area (Å²) in [7, 11) is 0. The predicted octanol–water partition coefficient (Wildman–Crippen LogP) is 1.68. The lowest BCUT2D eigenvalue weighted by molar-refractivity contribution is -0.156. The zero-order valence-electron chi connectivity index (χ0n) is 18.6. The van der Waals surface area contributed by atoms with Gasteiger partial charge in [0.25, 0.3) is 0 Å². The molecule has 8 heteroatoms. The fourth-order valence-electron chi connectivity index (χ4n) is 2.85. The first-order valence-electron chi connectivity index (χ1n) is 11.5. The molecule has 8 nitrogen and oxygen atoms in total. The Kier molecular flexibility index (Phi) is 19.6. The van der Waals surface area contributed by atoms with Gasteiger partial charge in [0.1, 0.15) is 31.0 Å². The molecule has 0 spiro atoms. The summed E-state index contributed by atoms with van der Waals surface area (Å²) in [5.74, 6) is -0.464. The van der Waals surface area contributed by atoms with Crippen molar-refractivity contribution in [3.63, 3.8) is 0 Å². The number of epoxide rings is 1. The van der Waals surface area contributed by atoms with E-state index in [0.29, 0.717) is 0 Å². The molecule has 30 heavy (non-hydrogen) atoms. The van der Waals surface area contributed by atoms with Crippen LogP contribution in [0.4, 0.5) is 0 Å². The van der Waals surface area contributed by atoms with Gasteiger partial charge in [-0.25, -0.2) is 0 Å². The second-order valence-corrected chi connectivity index (χ2v) is 7.88. The summed E-state index contributed by atoms with van der Waals surface area (Å²) in [6.45, 7) is 3.01. The molecule has 1 heterocycles. The summed E-state index contributed by atoms with van der Waals surface area (Å²) in [6, 6.07) is 0. The maximum absolute atomic E-state index is 11.6. The zero-order valence-corrected chi connectivity index (χ0v) is 18.6. The molecule has 0 aromatic heterocycles. The van der Waals surface area contributed by atoms with Gasteiger partial charge in [-0.3, -0.25) is 4.79 Å². The van der Waals surface area contributed by atoms with E-state index in [0.717, 1.165) is 32.5 Å². The van der Waals surface area contributed by atoms with Crippen LogP contribution in [0, 0.1) is 0 Å². The molecule has 1 aliphatic rings. The minimum atomic E-state index is -1.71. The molecule has 0 aromatic rings. The Hall–Kier alpha value is -0.770. The average Bonchev–Trinajstić information content (AvgIpc) is 3.63.